The van der Waals surface area contributed by atoms with Crippen molar-refractivity contribution in [2.24, 2.45) is 0 Å². The Kier molecular flexibility index (Phi) is 3.31. The Morgan fingerprint density at radius 2 is 2.35 bits per heavy atom. The SMILES string of the molecule is COc1nccc(CN2CC(n3cc(C#N)cn3)C2)n1. The van der Waals surface area contributed by atoms with Crippen molar-refractivity contribution >= 4 is 0 Å². The van der Waals surface area contributed by atoms with E-state index in [0.717, 1.165) is 25.3 Å². The number of aromatic nitrogens is 4. The van der Waals surface area contributed by atoms with Gasteiger partial charge < -0.3 is 4.74 Å². The molecule has 1 saturated heterocycles. The van der Waals surface area contributed by atoms with Gasteiger partial charge in [0, 0.05) is 32.0 Å². The van der Waals surface area contributed by atoms with Gasteiger partial charge in [0.05, 0.1) is 30.6 Å². The second-order valence-corrected chi connectivity index (χ2v) is 4.70. The minimum atomic E-state index is 0.334. The van der Waals surface area contributed by atoms with E-state index in [-0.39, 0.29) is 0 Å². The van der Waals surface area contributed by atoms with Crippen molar-refractivity contribution < 1.29 is 4.74 Å². The molecule has 0 saturated carbocycles. The highest BCUT2D eigenvalue weighted by atomic mass is 16.5. The summed E-state index contributed by atoms with van der Waals surface area (Å²) in [5.74, 6) is 0. The maximum atomic E-state index is 8.78. The highest BCUT2D eigenvalue weighted by molar-refractivity contribution is 5.22. The molecule has 102 valence electrons. The first-order chi connectivity index (χ1) is 9.78. The van der Waals surface area contributed by atoms with E-state index in [1.54, 1.807) is 25.7 Å². The van der Waals surface area contributed by atoms with Crippen molar-refractivity contribution in [1.82, 2.24) is 24.6 Å². The van der Waals surface area contributed by atoms with Gasteiger partial charge >= 0.3 is 6.01 Å². The van der Waals surface area contributed by atoms with E-state index >= 15 is 0 Å². The molecule has 3 heterocycles. The summed E-state index contributed by atoms with van der Waals surface area (Å²) in [6.07, 6.45) is 5.08. The minimum Gasteiger partial charge on any atom is -0.467 e. The number of nitriles is 1. The van der Waals surface area contributed by atoms with Crippen molar-refractivity contribution in [3.63, 3.8) is 0 Å². The molecule has 2 aromatic heterocycles. The predicted molar refractivity (Wildman–Crippen MR) is 69.8 cm³/mol. The third kappa shape index (κ3) is 2.46. The Bertz CT molecular complexity index is 640. The molecular formula is C13H14N6O. The zero-order chi connectivity index (χ0) is 13.9. The Balaban J connectivity index is 1.56. The Labute approximate surface area is 116 Å². The number of ether oxygens (including phenoxy) is 1. The number of hydrogen-bond acceptors (Lipinski definition) is 6. The van der Waals surface area contributed by atoms with Crippen LogP contribution in [0.15, 0.2) is 24.7 Å². The van der Waals surface area contributed by atoms with Gasteiger partial charge in [-0.1, -0.05) is 0 Å². The normalized spacial score (nSPS) is 15.6. The molecule has 0 unspecified atom stereocenters. The topological polar surface area (TPSA) is 79.9 Å². The van der Waals surface area contributed by atoms with Crippen LogP contribution in [0.1, 0.15) is 17.3 Å². The highest BCUT2D eigenvalue weighted by Crippen LogP contribution is 2.22. The van der Waals surface area contributed by atoms with Crippen molar-refractivity contribution in [1.29, 1.82) is 5.26 Å². The number of hydrogen-bond donors (Lipinski definition) is 0. The highest BCUT2D eigenvalue weighted by Gasteiger charge is 2.29. The van der Waals surface area contributed by atoms with Gasteiger partial charge in [-0.2, -0.15) is 15.3 Å². The van der Waals surface area contributed by atoms with Gasteiger partial charge in [0.15, 0.2) is 0 Å². The Morgan fingerprint density at radius 1 is 1.50 bits per heavy atom. The summed E-state index contributed by atoms with van der Waals surface area (Å²) in [7, 11) is 1.56. The third-order valence-electron chi connectivity index (χ3n) is 3.30. The lowest BCUT2D eigenvalue weighted by atomic mass is 10.1. The van der Waals surface area contributed by atoms with Gasteiger partial charge in [-0.3, -0.25) is 9.58 Å². The first-order valence-electron chi connectivity index (χ1n) is 6.31. The lowest BCUT2D eigenvalue weighted by Gasteiger charge is -2.38. The smallest absolute Gasteiger partial charge is 0.316 e. The molecule has 0 bridgehead atoms. The third-order valence-corrected chi connectivity index (χ3v) is 3.30. The van der Waals surface area contributed by atoms with E-state index in [1.165, 1.54) is 0 Å². The van der Waals surface area contributed by atoms with Crippen LogP contribution in [0, 0.1) is 11.3 Å². The van der Waals surface area contributed by atoms with E-state index in [1.807, 2.05) is 10.7 Å². The molecule has 3 rings (SSSR count). The van der Waals surface area contributed by atoms with E-state index in [9.17, 15) is 0 Å². The van der Waals surface area contributed by atoms with Crippen molar-refractivity contribution in [3.8, 4) is 12.1 Å². The summed E-state index contributed by atoms with van der Waals surface area (Å²) < 4.78 is 6.86. The van der Waals surface area contributed by atoms with Crippen LogP contribution in [0.5, 0.6) is 6.01 Å². The molecule has 20 heavy (non-hydrogen) atoms. The van der Waals surface area contributed by atoms with E-state index < -0.39 is 0 Å². The second kappa shape index (κ2) is 5.27. The predicted octanol–water partition coefficient (Wildman–Crippen LogP) is 0.610. The number of rotatable bonds is 4. The molecule has 0 N–H and O–H groups in total. The summed E-state index contributed by atoms with van der Waals surface area (Å²) in [4.78, 5) is 10.5. The molecule has 0 atom stereocenters. The molecule has 1 fully saturated rings. The monoisotopic (exact) mass is 270 g/mol. The maximum absolute atomic E-state index is 8.78. The van der Waals surface area contributed by atoms with Gasteiger partial charge in [0.25, 0.3) is 0 Å². The fourth-order valence-corrected chi connectivity index (χ4v) is 2.23. The molecule has 0 spiro atoms. The largest absolute Gasteiger partial charge is 0.467 e. The molecule has 2 aromatic rings. The first kappa shape index (κ1) is 12.6. The molecule has 1 aliphatic rings. The number of likely N-dealkylation sites (tertiary alicyclic amines) is 1. The zero-order valence-corrected chi connectivity index (χ0v) is 11.1. The van der Waals surface area contributed by atoms with Crippen molar-refractivity contribution in [2.75, 3.05) is 20.2 Å². The molecule has 0 aromatic carbocycles. The van der Waals surface area contributed by atoms with Gasteiger partial charge in [-0.05, 0) is 6.07 Å². The minimum absolute atomic E-state index is 0.334. The summed E-state index contributed by atoms with van der Waals surface area (Å²) in [6, 6.07) is 4.70. The fourth-order valence-electron chi connectivity index (χ4n) is 2.23. The Hall–Kier alpha value is -2.46. The van der Waals surface area contributed by atoms with Crippen LogP contribution in [0.25, 0.3) is 0 Å². The van der Waals surface area contributed by atoms with E-state index in [4.69, 9.17) is 10.00 Å². The summed E-state index contributed by atoms with van der Waals surface area (Å²) in [5, 5.41) is 13.0. The van der Waals surface area contributed by atoms with Gasteiger partial charge in [-0.25, -0.2) is 4.98 Å². The van der Waals surface area contributed by atoms with Crippen molar-refractivity contribution in [3.05, 3.63) is 35.9 Å². The molecular weight excluding hydrogens is 256 g/mol. The average Bonchev–Trinajstić information content (AvgIpc) is 2.91. The van der Waals surface area contributed by atoms with E-state index in [2.05, 4.69) is 26.0 Å². The van der Waals surface area contributed by atoms with Crippen LogP contribution in [0.2, 0.25) is 0 Å². The standard InChI is InChI=1S/C13H14N6O/c1-20-13-15-3-2-11(17-13)7-18-8-12(9-18)19-6-10(4-14)5-16-19/h2-3,5-6,12H,7-9H2,1H3. The maximum Gasteiger partial charge on any atom is 0.316 e. The molecule has 0 amide bonds. The second-order valence-electron chi connectivity index (χ2n) is 4.70. The molecule has 0 aliphatic carbocycles. The van der Waals surface area contributed by atoms with Crippen LogP contribution >= 0.6 is 0 Å². The summed E-state index contributed by atoms with van der Waals surface area (Å²) in [6.45, 7) is 2.57. The molecule has 0 radical (unpaired) electrons. The van der Waals surface area contributed by atoms with Crippen LogP contribution in [0.4, 0.5) is 0 Å². The zero-order valence-electron chi connectivity index (χ0n) is 11.1. The molecule has 7 heteroatoms. The quantitative estimate of drug-likeness (QED) is 0.810. The first-order valence-corrected chi connectivity index (χ1v) is 6.31. The molecule has 7 nitrogen and oxygen atoms in total. The fraction of sp³-hybridized carbons (Fsp3) is 0.385. The van der Waals surface area contributed by atoms with Gasteiger partial charge in [0.2, 0.25) is 0 Å². The summed E-state index contributed by atoms with van der Waals surface area (Å²) in [5.41, 5.74) is 1.54. The number of nitrogens with zero attached hydrogens (tertiary/aromatic N) is 6. The van der Waals surface area contributed by atoms with Crippen molar-refractivity contribution in [2.45, 2.75) is 12.6 Å². The molecule has 1 aliphatic heterocycles. The Morgan fingerprint density at radius 3 is 3.05 bits per heavy atom. The van der Waals surface area contributed by atoms with Gasteiger partial charge in [-0.15, -0.1) is 0 Å². The summed E-state index contributed by atoms with van der Waals surface area (Å²) >= 11 is 0. The van der Waals surface area contributed by atoms with Crippen LogP contribution in [0.3, 0.4) is 0 Å². The van der Waals surface area contributed by atoms with Crippen LogP contribution in [-0.2, 0) is 6.54 Å². The average molecular weight is 270 g/mol. The van der Waals surface area contributed by atoms with Crippen LogP contribution < -0.4 is 4.74 Å². The lowest BCUT2D eigenvalue weighted by molar-refractivity contribution is 0.0892. The lowest BCUT2D eigenvalue weighted by Crippen LogP contribution is -2.47. The van der Waals surface area contributed by atoms with Crippen LogP contribution in [-0.4, -0.2) is 44.8 Å². The number of methoxy groups -OCH3 is 1. The van der Waals surface area contributed by atoms with E-state index in [0.29, 0.717) is 17.6 Å². The van der Waals surface area contributed by atoms with Gasteiger partial charge in [0.1, 0.15) is 6.07 Å².